The summed E-state index contributed by atoms with van der Waals surface area (Å²) in [5.74, 6) is -0.501. The number of anilines is 1. The van der Waals surface area contributed by atoms with Gasteiger partial charge in [-0.3, -0.25) is 14.9 Å². The van der Waals surface area contributed by atoms with E-state index in [0.717, 1.165) is 6.26 Å². The molecule has 0 unspecified atom stereocenters. The first-order chi connectivity index (χ1) is 13.2. The van der Waals surface area contributed by atoms with Gasteiger partial charge in [0.1, 0.15) is 0 Å². The van der Waals surface area contributed by atoms with Crippen molar-refractivity contribution in [2.75, 3.05) is 11.6 Å². The van der Waals surface area contributed by atoms with Crippen molar-refractivity contribution in [3.63, 3.8) is 0 Å². The number of nitrogens with zero attached hydrogens (tertiary/aromatic N) is 3. The molecule has 9 nitrogen and oxygen atoms in total. The number of amides is 1. The number of sulfone groups is 1. The first kappa shape index (κ1) is 19.1. The molecule has 10 heteroatoms. The highest BCUT2D eigenvalue weighted by molar-refractivity contribution is 7.90. The number of carbonyl (C=O) groups excluding carboxylic acids is 1. The van der Waals surface area contributed by atoms with E-state index in [4.69, 9.17) is 0 Å². The second-order valence-corrected chi connectivity index (χ2v) is 7.83. The summed E-state index contributed by atoms with van der Waals surface area (Å²) in [6, 6.07) is 15.0. The van der Waals surface area contributed by atoms with Gasteiger partial charge >= 0.3 is 0 Å². The summed E-state index contributed by atoms with van der Waals surface area (Å²) in [5, 5.41) is 21.0. The monoisotopic (exact) mass is 398 g/mol. The maximum atomic E-state index is 12.4. The summed E-state index contributed by atoms with van der Waals surface area (Å²) in [4.78, 5) is 22.6. The Kier molecular flexibility index (Phi) is 5.14. The molecule has 0 radical (unpaired) electrons. The largest absolute Gasteiger partial charge is 0.322 e. The fraction of sp³-hybridized carbons (Fsp3) is 0.0556. The van der Waals surface area contributed by atoms with Crippen molar-refractivity contribution < 1.29 is 18.1 Å². The molecule has 0 aliphatic carbocycles. The lowest BCUT2D eigenvalue weighted by Crippen LogP contribution is -2.12. The zero-order valence-corrected chi connectivity index (χ0v) is 15.4. The third-order valence-corrected chi connectivity index (χ3v) is 4.73. The molecule has 3 aromatic rings. The number of nitro groups is 1. The zero-order chi connectivity index (χ0) is 20.3. The highest BCUT2D eigenvalue weighted by Gasteiger charge is 2.13. The van der Waals surface area contributed by atoms with Crippen LogP contribution in [0.2, 0.25) is 0 Å². The standard InChI is InChI=1S/C18H14N4O5S/c1-28(26,27)17-9-8-16(20-21-17)12-4-2-6-14(10-12)19-18(23)13-5-3-7-15(11-13)22(24)25/h2-11H,1H3,(H,19,23). The summed E-state index contributed by atoms with van der Waals surface area (Å²) < 4.78 is 22.9. The Hall–Kier alpha value is -3.66. The first-order valence-corrected chi connectivity index (χ1v) is 9.83. The Morgan fingerprint density at radius 2 is 1.79 bits per heavy atom. The van der Waals surface area contributed by atoms with Gasteiger partial charge in [-0.15, -0.1) is 10.2 Å². The van der Waals surface area contributed by atoms with E-state index in [1.54, 1.807) is 24.3 Å². The molecule has 0 aliphatic rings. The predicted octanol–water partition coefficient (Wildman–Crippen LogP) is 2.71. The molecule has 0 fully saturated rings. The Morgan fingerprint density at radius 3 is 2.43 bits per heavy atom. The number of benzene rings is 2. The first-order valence-electron chi connectivity index (χ1n) is 7.94. The molecule has 0 saturated carbocycles. The van der Waals surface area contributed by atoms with Crippen LogP contribution in [0.15, 0.2) is 65.7 Å². The predicted molar refractivity (Wildman–Crippen MR) is 102 cm³/mol. The molecule has 142 valence electrons. The molecule has 0 atom stereocenters. The van der Waals surface area contributed by atoms with Crippen LogP contribution in [0, 0.1) is 10.1 Å². The molecular formula is C18H14N4O5S. The molecule has 0 saturated heterocycles. The second-order valence-electron chi connectivity index (χ2n) is 5.87. The van der Waals surface area contributed by atoms with Gasteiger partial charge < -0.3 is 5.32 Å². The zero-order valence-electron chi connectivity index (χ0n) is 14.6. The van der Waals surface area contributed by atoms with E-state index in [9.17, 15) is 23.3 Å². The van der Waals surface area contributed by atoms with Gasteiger partial charge in [-0.05, 0) is 30.3 Å². The number of nitrogens with one attached hydrogen (secondary N) is 1. The van der Waals surface area contributed by atoms with E-state index in [0.29, 0.717) is 16.9 Å². The molecule has 1 amide bonds. The van der Waals surface area contributed by atoms with Gasteiger partial charge in [0.05, 0.1) is 10.6 Å². The molecule has 0 aliphatic heterocycles. The third kappa shape index (κ3) is 4.35. The molecule has 1 N–H and O–H groups in total. The minimum absolute atomic E-state index is 0.133. The quantitative estimate of drug-likeness (QED) is 0.516. The summed E-state index contributed by atoms with van der Waals surface area (Å²) >= 11 is 0. The van der Waals surface area contributed by atoms with E-state index < -0.39 is 20.7 Å². The van der Waals surface area contributed by atoms with Crippen LogP contribution in [0.1, 0.15) is 10.4 Å². The van der Waals surface area contributed by atoms with E-state index in [1.807, 2.05) is 0 Å². The lowest BCUT2D eigenvalue weighted by atomic mass is 10.1. The van der Waals surface area contributed by atoms with Crippen LogP contribution in [0.5, 0.6) is 0 Å². The fourth-order valence-corrected chi connectivity index (χ4v) is 2.90. The van der Waals surface area contributed by atoms with E-state index in [2.05, 4.69) is 15.5 Å². The van der Waals surface area contributed by atoms with Gasteiger partial charge in [0.15, 0.2) is 14.9 Å². The van der Waals surface area contributed by atoms with Crippen molar-refractivity contribution in [3.8, 4) is 11.3 Å². The van der Waals surface area contributed by atoms with Crippen molar-refractivity contribution in [1.82, 2.24) is 10.2 Å². The van der Waals surface area contributed by atoms with Gasteiger partial charge in [-0.25, -0.2) is 8.42 Å². The third-order valence-electron chi connectivity index (χ3n) is 3.76. The van der Waals surface area contributed by atoms with Crippen LogP contribution < -0.4 is 5.32 Å². The number of non-ortho nitro benzene ring substituents is 1. The topological polar surface area (TPSA) is 132 Å². The highest BCUT2D eigenvalue weighted by Crippen LogP contribution is 2.22. The van der Waals surface area contributed by atoms with E-state index in [1.165, 1.54) is 36.4 Å². The number of hydrogen-bond acceptors (Lipinski definition) is 7. The normalized spacial score (nSPS) is 11.0. The Labute approximate surface area is 160 Å². The van der Waals surface area contributed by atoms with Crippen molar-refractivity contribution >= 4 is 27.1 Å². The highest BCUT2D eigenvalue weighted by atomic mass is 32.2. The van der Waals surface area contributed by atoms with Crippen LogP contribution in [-0.4, -0.2) is 35.7 Å². The minimum atomic E-state index is -3.44. The number of hydrogen-bond donors (Lipinski definition) is 1. The van der Waals surface area contributed by atoms with Gasteiger partial charge in [0.25, 0.3) is 11.6 Å². The molecule has 0 bridgehead atoms. The van der Waals surface area contributed by atoms with E-state index in [-0.39, 0.29) is 16.3 Å². The van der Waals surface area contributed by atoms with Crippen LogP contribution in [0.4, 0.5) is 11.4 Å². The van der Waals surface area contributed by atoms with Gasteiger partial charge in [0.2, 0.25) is 0 Å². The molecule has 1 aromatic heterocycles. The van der Waals surface area contributed by atoms with Crippen molar-refractivity contribution in [3.05, 3.63) is 76.3 Å². The lowest BCUT2D eigenvalue weighted by Gasteiger charge is -2.07. The van der Waals surface area contributed by atoms with Crippen LogP contribution in [0.3, 0.4) is 0 Å². The number of carbonyl (C=O) groups is 1. The molecule has 3 rings (SSSR count). The maximum absolute atomic E-state index is 12.4. The molecule has 1 heterocycles. The summed E-state index contributed by atoms with van der Waals surface area (Å²) in [5.41, 5.74) is 1.46. The average Bonchev–Trinajstić information content (AvgIpc) is 2.67. The van der Waals surface area contributed by atoms with Crippen molar-refractivity contribution in [2.24, 2.45) is 0 Å². The van der Waals surface area contributed by atoms with Gasteiger partial charge in [-0.2, -0.15) is 0 Å². The Balaban J connectivity index is 1.83. The lowest BCUT2D eigenvalue weighted by molar-refractivity contribution is -0.384. The molecule has 0 spiro atoms. The number of nitro benzene ring substituents is 1. The van der Waals surface area contributed by atoms with Crippen molar-refractivity contribution in [2.45, 2.75) is 5.03 Å². The minimum Gasteiger partial charge on any atom is -0.322 e. The summed E-state index contributed by atoms with van der Waals surface area (Å²) in [6.45, 7) is 0. The number of aromatic nitrogens is 2. The molecule has 28 heavy (non-hydrogen) atoms. The Bertz CT molecular complexity index is 1160. The van der Waals surface area contributed by atoms with Crippen molar-refractivity contribution in [1.29, 1.82) is 0 Å². The molecule has 2 aromatic carbocycles. The SMILES string of the molecule is CS(=O)(=O)c1ccc(-c2cccc(NC(=O)c3cccc([N+](=O)[O-])c3)c2)nn1. The van der Waals surface area contributed by atoms with E-state index >= 15 is 0 Å². The maximum Gasteiger partial charge on any atom is 0.270 e. The van der Waals surface area contributed by atoms with Gasteiger partial charge in [0, 0.05) is 35.2 Å². The fourth-order valence-electron chi connectivity index (χ4n) is 2.39. The molecular weight excluding hydrogens is 384 g/mol. The average molecular weight is 398 g/mol. The summed E-state index contributed by atoms with van der Waals surface area (Å²) in [6.07, 6.45) is 1.04. The smallest absolute Gasteiger partial charge is 0.270 e. The summed E-state index contributed by atoms with van der Waals surface area (Å²) in [7, 11) is -3.44. The van der Waals surface area contributed by atoms with Gasteiger partial charge in [-0.1, -0.05) is 18.2 Å². The number of rotatable bonds is 5. The second kappa shape index (κ2) is 7.53. The van der Waals surface area contributed by atoms with Crippen LogP contribution >= 0.6 is 0 Å². The van der Waals surface area contributed by atoms with Crippen LogP contribution in [-0.2, 0) is 9.84 Å². The Morgan fingerprint density at radius 1 is 1.04 bits per heavy atom. The van der Waals surface area contributed by atoms with Crippen LogP contribution in [0.25, 0.3) is 11.3 Å².